The lowest BCUT2D eigenvalue weighted by atomic mass is 10.2. The minimum atomic E-state index is -0.534. The largest absolute Gasteiger partial charge is 0.348 e. The number of hydrogen-bond donors (Lipinski definition) is 1. The van der Waals surface area contributed by atoms with Crippen LogP contribution in [0.25, 0.3) is 0 Å². The lowest BCUT2D eigenvalue weighted by molar-refractivity contribution is -0.384. The first-order valence-electron chi connectivity index (χ1n) is 6.68. The number of rotatable bonds is 4. The van der Waals surface area contributed by atoms with Crippen LogP contribution in [0.5, 0.6) is 0 Å². The van der Waals surface area contributed by atoms with Crippen LogP contribution in [0, 0.1) is 15.9 Å². The first-order valence-corrected chi connectivity index (χ1v) is 7.85. The Morgan fingerprint density at radius 3 is 2.67 bits per heavy atom. The van der Waals surface area contributed by atoms with Crippen LogP contribution < -0.4 is 5.32 Å². The Morgan fingerprint density at radius 1 is 1.33 bits per heavy atom. The number of hydrogen-bond acceptors (Lipinski definition) is 3. The molecular formula is C15H12Cl2FN3O2S. The van der Waals surface area contributed by atoms with Crippen molar-refractivity contribution in [3.63, 3.8) is 0 Å². The van der Waals surface area contributed by atoms with Gasteiger partial charge in [0.2, 0.25) is 0 Å². The summed E-state index contributed by atoms with van der Waals surface area (Å²) < 4.78 is 13.8. The van der Waals surface area contributed by atoms with Gasteiger partial charge >= 0.3 is 0 Å². The molecule has 0 fully saturated rings. The van der Waals surface area contributed by atoms with E-state index in [0.29, 0.717) is 11.3 Å². The summed E-state index contributed by atoms with van der Waals surface area (Å²) in [7, 11) is 1.64. The van der Waals surface area contributed by atoms with Crippen molar-refractivity contribution in [1.82, 2.24) is 4.90 Å². The van der Waals surface area contributed by atoms with Crippen LogP contribution in [0.2, 0.25) is 10.0 Å². The summed E-state index contributed by atoms with van der Waals surface area (Å²) in [6, 6.07) is 8.38. The maximum absolute atomic E-state index is 13.8. The second kappa shape index (κ2) is 7.74. The highest BCUT2D eigenvalue weighted by Crippen LogP contribution is 2.27. The Balaban J connectivity index is 2.15. The van der Waals surface area contributed by atoms with Gasteiger partial charge in [0.15, 0.2) is 5.11 Å². The van der Waals surface area contributed by atoms with Crippen LogP contribution in [0.4, 0.5) is 15.8 Å². The Labute approximate surface area is 153 Å². The number of anilines is 1. The fraction of sp³-hybridized carbons (Fsp3) is 0.133. The van der Waals surface area contributed by atoms with Crippen molar-refractivity contribution >= 4 is 51.9 Å². The van der Waals surface area contributed by atoms with Crippen molar-refractivity contribution in [1.29, 1.82) is 0 Å². The lowest BCUT2D eigenvalue weighted by Crippen LogP contribution is -2.31. The second-order valence-electron chi connectivity index (χ2n) is 4.91. The normalized spacial score (nSPS) is 10.3. The molecule has 126 valence electrons. The Hall–Kier alpha value is -1.96. The third-order valence-electron chi connectivity index (χ3n) is 3.21. The van der Waals surface area contributed by atoms with Crippen LogP contribution in [0.15, 0.2) is 36.4 Å². The van der Waals surface area contributed by atoms with Crippen LogP contribution in [0.3, 0.4) is 0 Å². The van der Waals surface area contributed by atoms with Gasteiger partial charge in [-0.15, -0.1) is 0 Å². The molecule has 2 aromatic rings. The number of nitro benzene ring substituents is 1. The van der Waals surface area contributed by atoms with Gasteiger partial charge in [0.05, 0.1) is 15.6 Å². The molecule has 0 atom stereocenters. The van der Waals surface area contributed by atoms with Gasteiger partial charge in [-0.05, 0) is 30.4 Å². The first kappa shape index (κ1) is 18.4. The molecule has 0 unspecified atom stereocenters. The molecule has 2 rings (SSSR count). The number of nitro groups is 1. The van der Waals surface area contributed by atoms with E-state index in [1.165, 1.54) is 30.3 Å². The van der Waals surface area contributed by atoms with Gasteiger partial charge in [-0.25, -0.2) is 4.39 Å². The zero-order valence-electron chi connectivity index (χ0n) is 12.4. The highest BCUT2D eigenvalue weighted by atomic mass is 35.5. The van der Waals surface area contributed by atoms with Crippen LogP contribution in [0.1, 0.15) is 5.56 Å². The molecule has 0 bridgehead atoms. The van der Waals surface area contributed by atoms with Crippen molar-refractivity contribution in [2.75, 3.05) is 12.4 Å². The van der Waals surface area contributed by atoms with E-state index >= 15 is 0 Å². The molecular weight excluding hydrogens is 376 g/mol. The molecule has 0 aliphatic carbocycles. The lowest BCUT2D eigenvalue weighted by Gasteiger charge is -2.22. The molecule has 2 aromatic carbocycles. The van der Waals surface area contributed by atoms with Gasteiger partial charge in [0.25, 0.3) is 5.69 Å². The minimum absolute atomic E-state index is 0.121. The molecule has 1 N–H and O–H groups in total. The quantitative estimate of drug-likeness (QED) is 0.460. The molecule has 0 amide bonds. The topological polar surface area (TPSA) is 58.4 Å². The highest BCUT2D eigenvalue weighted by Gasteiger charge is 2.15. The second-order valence-corrected chi connectivity index (χ2v) is 6.11. The van der Waals surface area contributed by atoms with Crippen LogP contribution >= 0.6 is 35.4 Å². The predicted molar refractivity (Wildman–Crippen MR) is 97.2 cm³/mol. The Kier molecular flexibility index (Phi) is 5.93. The molecule has 0 aliphatic rings. The maximum atomic E-state index is 13.8. The van der Waals surface area contributed by atoms with E-state index in [1.807, 2.05) is 0 Å². The SMILES string of the molecule is CN(Cc1c(F)cccc1Cl)C(=S)Nc1cc([N+](=O)[O-])ccc1Cl. The van der Waals surface area contributed by atoms with Gasteiger partial charge in [-0.2, -0.15) is 0 Å². The Morgan fingerprint density at radius 2 is 2.04 bits per heavy atom. The molecule has 9 heteroatoms. The van der Waals surface area contributed by atoms with Crippen LogP contribution in [-0.2, 0) is 6.54 Å². The average Bonchev–Trinajstić information content (AvgIpc) is 2.52. The van der Waals surface area contributed by atoms with E-state index in [-0.39, 0.29) is 27.4 Å². The van der Waals surface area contributed by atoms with E-state index in [2.05, 4.69) is 5.32 Å². The average molecular weight is 388 g/mol. The summed E-state index contributed by atoms with van der Waals surface area (Å²) in [5.41, 5.74) is 0.475. The number of benzene rings is 2. The van der Waals surface area contributed by atoms with E-state index < -0.39 is 10.7 Å². The summed E-state index contributed by atoms with van der Waals surface area (Å²) in [5.74, 6) is -0.439. The van der Waals surface area contributed by atoms with Crippen molar-refractivity contribution in [3.8, 4) is 0 Å². The van der Waals surface area contributed by atoms with Crippen molar-refractivity contribution in [3.05, 3.63) is 67.9 Å². The minimum Gasteiger partial charge on any atom is -0.348 e. The van der Waals surface area contributed by atoms with E-state index in [1.54, 1.807) is 18.0 Å². The zero-order valence-corrected chi connectivity index (χ0v) is 14.8. The molecule has 0 radical (unpaired) electrons. The van der Waals surface area contributed by atoms with Crippen LogP contribution in [-0.4, -0.2) is 22.0 Å². The molecule has 0 aliphatic heterocycles. The van der Waals surface area contributed by atoms with Crippen molar-refractivity contribution < 1.29 is 9.31 Å². The highest BCUT2D eigenvalue weighted by molar-refractivity contribution is 7.80. The summed E-state index contributed by atoms with van der Waals surface area (Å²) in [5, 5.41) is 14.4. The molecule has 5 nitrogen and oxygen atoms in total. The van der Waals surface area contributed by atoms with E-state index in [4.69, 9.17) is 35.4 Å². The molecule has 0 saturated heterocycles. The van der Waals surface area contributed by atoms with Gasteiger partial charge in [-0.3, -0.25) is 10.1 Å². The van der Waals surface area contributed by atoms with Crippen molar-refractivity contribution in [2.45, 2.75) is 6.54 Å². The summed E-state index contributed by atoms with van der Waals surface area (Å²) in [4.78, 5) is 11.9. The molecule has 0 aromatic heterocycles. The third kappa shape index (κ3) is 4.31. The maximum Gasteiger partial charge on any atom is 0.271 e. The van der Waals surface area contributed by atoms with Crippen molar-refractivity contribution in [2.24, 2.45) is 0 Å². The Bertz CT molecular complexity index is 784. The smallest absolute Gasteiger partial charge is 0.271 e. The van der Waals surface area contributed by atoms with Gasteiger partial charge < -0.3 is 10.2 Å². The molecule has 0 spiro atoms. The monoisotopic (exact) mass is 387 g/mol. The number of nitrogens with one attached hydrogen (secondary N) is 1. The summed E-state index contributed by atoms with van der Waals surface area (Å²) >= 11 is 17.2. The number of thiocarbonyl (C=S) groups is 1. The molecule has 24 heavy (non-hydrogen) atoms. The van der Waals surface area contributed by atoms with Gasteiger partial charge in [-0.1, -0.05) is 29.3 Å². The molecule has 0 saturated carbocycles. The van der Waals surface area contributed by atoms with E-state index in [0.717, 1.165) is 0 Å². The number of halogens is 3. The van der Waals surface area contributed by atoms with E-state index in [9.17, 15) is 14.5 Å². The molecule has 0 heterocycles. The zero-order chi connectivity index (χ0) is 17.9. The van der Waals surface area contributed by atoms with Gasteiger partial charge in [0, 0.05) is 36.3 Å². The fourth-order valence-corrected chi connectivity index (χ4v) is 2.49. The predicted octanol–water partition coefficient (Wildman–Crippen LogP) is 4.87. The number of nitrogens with zero attached hydrogens (tertiary/aromatic N) is 2. The summed E-state index contributed by atoms with van der Waals surface area (Å²) in [6.45, 7) is 0.129. The fourth-order valence-electron chi connectivity index (χ4n) is 1.93. The number of non-ortho nitro benzene ring substituents is 1. The third-order valence-corrected chi connectivity index (χ3v) is 4.30. The van der Waals surface area contributed by atoms with Gasteiger partial charge in [0.1, 0.15) is 5.82 Å². The standard InChI is InChI=1S/C15H12Cl2FN3O2S/c1-20(8-10-11(16)3-2-4-13(10)18)15(24)19-14-7-9(21(22)23)5-6-12(14)17/h2-7H,8H2,1H3,(H,19,24). The summed E-state index contributed by atoms with van der Waals surface area (Å²) in [6.07, 6.45) is 0. The first-order chi connectivity index (χ1) is 11.3.